The molecule has 0 aromatic heterocycles. The van der Waals surface area contributed by atoms with Crippen molar-refractivity contribution in [1.82, 2.24) is 0 Å². The van der Waals surface area contributed by atoms with E-state index in [2.05, 4.69) is 0 Å². The van der Waals surface area contributed by atoms with Crippen molar-refractivity contribution in [3.8, 4) is 0 Å². The Morgan fingerprint density at radius 1 is 1.05 bits per heavy atom. The molecular formula is C15H14ClF2N. The summed E-state index contributed by atoms with van der Waals surface area (Å²) in [6, 6.07) is 7.29. The fourth-order valence-electron chi connectivity index (χ4n) is 2.10. The monoisotopic (exact) mass is 281 g/mol. The molecular weight excluding hydrogens is 268 g/mol. The van der Waals surface area contributed by atoms with E-state index in [1.165, 1.54) is 6.07 Å². The van der Waals surface area contributed by atoms with Gasteiger partial charge in [0, 0.05) is 5.56 Å². The largest absolute Gasteiger partial charge is 0.320 e. The molecule has 0 aliphatic rings. The van der Waals surface area contributed by atoms with Crippen molar-refractivity contribution in [2.75, 3.05) is 0 Å². The lowest BCUT2D eigenvalue weighted by Crippen LogP contribution is -2.14. The first-order chi connectivity index (χ1) is 8.91. The number of benzene rings is 2. The summed E-state index contributed by atoms with van der Waals surface area (Å²) in [5, 5.41) is 0.0310. The number of hydrogen-bond donors (Lipinski definition) is 1. The molecule has 2 N–H and O–H groups in total. The number of halogens is 3. The number of rotatable bonds is 2. The number of aryl methyl sites for hydroxylation is 2. The van der Waals surface area contributed by atoms with Crippen molar-refractivity contribution in [3.05, 3.63) is 69.2 Å². The van der Waals surface area contributed by atoms with Crippen LogP contribution in [-0.4, -0.2) is 0 Å². The van der Waals surface area contributed by atoms with Crippen molar-refractivity contribution < 1.29 is 8.78 Å². The first-order valence-electron chi connectivity index (χ1n) is 5.88. The van der Waals surface area contributed by atoms with Crippen molar-refractivity contribution in [2.24, 2.45) is 5.73 Å². The van der Waals surface area contributed by atoms with E-state index >= 15 is 0 Å². The fraction of sp³-hybridized carbons (Fsp3) is 0.200. The normalized spacial score (nSPS) is 12.5. The standard InChI is InChI=1S/C15H14ClF2N/c1-8-6-10(7-9(2)13(8)17)15(19)11-4-3-5-12(16)14(11)18/h3-7,15H,19H2,1-2H3. The SMILES string of the molecule is Cc1cc(C(N)c2cccc(Cl)c2F)cc(C)c1F. The van der Waals surface area contributed by atoms with Gasteiger partial charge in [-0.05, 0) is 36.6 Å². The van der Waals surface area contributed by atoms with E-state index in [9.17, 15) is 8.78 Å². The van der Waals surface area contributed by atoms with E-state index in [1.807, 2.05) is 0 Å². The smallest absolute Gasteiger partial charge is 0.146 e. The summed E-state index contributed by atoms with van der Waals surface area (Å²) < 4.78 is 27.5. The fourth-order valence-corrected chi connectivity index (χ4v) is 2.28. The van der Waals surface area contributed by atoms with Crippen molar-refractivity contribution in [2.45, 2.75) is 19.9 Å². The molecule has 2 aromatic rings. The minimum absolute atomic E-state index is 0.0310. The van der Waals surface area contributed by atoms with Crippen molar-refractivity contribution in [1.29, 1.82) is 0 Å². The van der Waals surface area contributed by atoms with Gasteiger partial charge in [-0.3, -0.25) is 0 Å². The van der Waals surface area contributed by atoms with Crippen LogP contribution in [-0.2, 0) is 0 Å². The summed E-state index contributed by atoms with van der Waals surface area (Å²) in [5.74, 6) is -0.793. The number of nitrogens with two attached hydrogens (primary N) is 1. The molecule has 0 heterocycles. The lowest BCUT2D eigenvalue weighted by molar-refractivity contribution is 0.596. The predicted octanol–water partition coefficient (Wildman–Crippen LogP) is 4.28. The Kier molecular flexibility index (Phi) is 3.88. The van der Waals surface area contributed by atoms with Crippen molar-refractivity contribution in [3.63, 3.8) is 0 Å². The molecule has 2 rings (SSSR count). The molecule has 100 valence electrons. The third-order valence-electron chi connectivity index (χ3n) is 3.13. The van der Waals surface area contributed by atoms with Crippen LogP contribution in [0.5, 0.6) is 0 Å². The van der Waals surface area contributed by atoms with Gasteiger partial charge in [0.15, 0.2) is 0 Å². The van der Waals surface area contributed by atoms with Gasteiger partial charge in [-0.1, -0.05) is 35.9 Å². The highest BCUT2D eigenvalue weighted by Gasteiger charge is 2.17. The van der Waals surface area contributed by atoms with Crippen LogP contribution in [0.1, 0.15) is 28.3 Å². The molecule has 0 aliphatic heterocycles. The molecule has 0 spiro atoms. The van der Waals surface area contributed by atoms with Crippen LogP contribution in [0.2, 0.25) is 5.02 Å². The van der Waals surface area contributed by atoms with E-state index in [0.717, 1.165) is 0 Å². The van der Waals surface area contributed by atoms with E-state index < -0.39 is 11.9 Å². The minimum atomic E-state index is -0.670. The summed E-state index contributed by atoms with van der Waals surface area (Å²) >= 11 is 5.74. The third-order valence-corrected chi connectivity index (χ3v) is 3.43. The third kappa shape index (κ3) is 2.62. The Balaban J connectivity index is 2.50. The lowest BCUT2D eigenvalue weighted by atomic mass is 9.95. The molecule has 0 fully saturated rings. The Hall–Kier alpha value is -1.45. The first-order valence-corrected chi connectivity index (χ1v) is 6.25. The summed E-state index contributed by atoms with van der Waals surface area (Å²) in [5.41, 5.74) is 8.01. The molecule has 1 unspecified atom stereocenters. The molecule has 0 aliphatic carbocycles. The summed E-state index contributed by atoms with van der Waals surface area (Å²) in [6.07, 6.45) is 0. The molecule has 19 heavy (non-hydrogen) atoms. The van der Waals surface area contributed by atoms with Crippen molar-refractivity contribution >= 4 is 11.6 Å². The molecule has 0 amide bonds. The Morgan fingerprint density at radius 2 is 1.63 bits per heavy atom. The van der Waals surface area contributed by atoms with E-state index in [-0.39, 0.29) is 10.8 Å². The minimum Gasteiger partial charge on any atom is -0.320 e. The second-order valence-corrected chi connectivity index (χ2v) is 5.00. The Morgan fingerprint density at radius 3 is 2.21 bits per heavy atom. The summed E-state index contributed by atoms with van der Waals surface area (Å²) in [4.78, 5) is 0. The van der Waals surface area contributed by atoms with Crippen LogP contribution >= 0.6 is 11.6 Å². The molecule has 0 saturated heterocycles. The topological polar surface area (TPSA) is 26.0 Å². The van der Waals surface area contributed by atoms with Crippen LogP contribution in [0.25, 0.3) is 0 Å². The highest BCUT2D eigenvalue weighted by molar-refractivity contribution is 6.30. The van der Waals surface area contributed by atoms with Crippen LogP contribution in [0.4, 0.5) is 8.78 Å². The van der Waals surface area contributed by atoms with E-state index in [1.54, 1.807) is 38.1 Å². The van der Waals surface area contributed by atoms with Crippen LogP contribution in [0.15, 0.2) is 30.3 Å². The first kappa shape index (κ1) is 14.0. The van der Waals surface area contributed by atoms with Gasteiger partial charge in [-0.25, -0.2) is 8.78 Å². The lowest BCUT2D eigenvalue weighted by Gasteiger charge is -2.16. The van der Waals surface area contributed by atoms with Gasteiger partial charge in [-0.2, -0.15) is 0 Å². The second-order valence-electron chi connectivity index (χ2n) is 4.59. The van der Waals surface area contributed by atoms with Gasteiger partial charge >= 0.3 is 0 Å². The quantitative estimate of drug-likeness (QED) is 0.873. The van der Waals surface area contributed by atoms with Gasteiger partial charge in [0.1, 0.15) is 11.6 Å². The van der Waals surface area contributed by atoms with Crippen LogP contribution in [0, 0.1) is 25.5 Å². The van der Waals surface area contributed by atoms with Crippen LogP contribution in [0.3, 0.4) is 0 Å². The maximum absolute atomic E-state index is 13.9. The molecule has 2 aromatic carbocycles. The van der Waals surface area contributed by atoms with Gasteiger partial charge in [0.05, 0.1) is 11.1 Å². The number of hydrogen-bond acceptors (Lipinski definition) is 1. The van der Waals surface area contributed by atoms with E-state index in [4.69, 9.17) is 17.3 Å². The summed E-state index contributed by atoms with van der Waals surface area (Å²) in [6.45, 7) is 3.32. The Bertz CT molecular complexity index is 603. The molecule has 0 bridgehead atoms. The average molecular weight is 282 g/mol. The molecule has 4 heteroatoms. The molecule has 1 atom stereocenters. The maximum Gasteiger partial charge on any atom is 0.146 e. The maximum atomic E-state index is 13.9. The van der Waals surface area contributed by atoms with E-state index in [0.29, 0.717) is 22.3 Å². The average Bonchev–Trinajstić information content (AvgIpc) is 2.38. The highest BCUT2D eigenvalue weighted by atomic mass is 35.5. The Labute approximate surface area is 116 Å². The molecule has 0 saturated carbocycles. The zero-order valence-electron chi connectivity index (χ0n) is 10.7. The van der Waals surface area contributed by atoms with Gasteiger partial charge < -0.3 is 5.73 Å². The zero-order chi connectivity index (χ0) is 14.2. The van der Waals surface area contributed by atoms with Gasteiger partial charge in [0.2, 0.25) is 0 Å². The zero-order valence-corrected chi connectivity index (χ0v) is 11.4. The second kappa shape index (κ2) is 5.27. The highest BCUT2D eigenvalue weighted by Crippen LogP contribution is 2.28. The molecule has 0 radical (unpaired) electrons. The van der Waals surface area contributed by atoms with Crippen LogP contribution < -0.4 is 5.73 Å². The molecule has 1 nitrogen and oxygen atoms in total. The predicted molar refractivity (Wildman–Crippen MR) is 73.3 cm³/mol. The van der Waals surface area contributed by atoms with Gasteiger partial charge in [0.25, 0.3) is 0 Å². The van der Waals surface area contributed by atoms with Gasteiger partial charge in [-0.15, -0.1) is 0 Å². The summed E-state index contributed by atoms with van der Waals surface area (Å²) in [7, 11) is 0.